The third kappa shape index (κ3) is 3.69. The Kier molecular flexibility index (Phi) is 4.99. The molecule has 0 saturated carbocycles. The van der Waals surface area contributed by atoms with E-state index < -0.39 is 0 Å². The van der Waals surface area contributed by atoms with Gasteiger partial charge in [-0.3, -0.25) is 4.98 Å². The van der Waals surface area contributed by atoms with E-state index in [4.69, 9.17) is 23.2 Å². The van der Waals surface area contributed by atoms with Crippen LogP contribution in [0.1, 0.15) is 18.9 Å². The third-order valence-corrected chi connectivity index (χ3v) is 2.49. The smallest absolute Gasteiger partial charge is 0.0624 e. The van der Waals surface area contributed by atoms with E-state index in [1.807, 2.05) is 6.07 Å². The highest BCUT2D eigenvalue weighted by molar-refractivity contribution is 6.31. The Labute approximate surface area is 94.8 Å². The van der Waals surface area contributed by atoms with Crippen molar-refractivity contribution in [2.24, 2.45) is 0 Å². The first-order valence-electron chi connectivity index (χ1n) is 4.54. The van der Waals surface area contributed by atoms with Crippen molar-refractivity contribution in [3.63, 3.8) is 0 Å². The van der Waals surface area contributed by atoms with Crippen molar-refractivity contribution in [2.75, 3.05) is 5.88 Å². The summed E-state index contributed by atoms with van der Waals surface area (Å²) in [5.41, 5.74) is 2.41. The first-order chi connectivity index (χ1) is 6.74. The Hall–Kier alpha value is -0.530. The minimum absolute atomic E-state index is 0.668. The lowest BCUT2D eigenvalue weighted by atomic mass is 10.1. The van der Waals surface area contributed by atoms with E-state index in [1.54, 1.807) is 12.4 Å². The Morgan fingerprint density at radius 3 is 3.00 bits per heavy atom. The van der Waals surface area contributed by atoms with Crippen LogP contribution >= 0.6 is 23.2 Å². The molecule has 1 aromatic heterocycles. The number of rotatable bonds is 4. The Morgan fingerprint density at radius 1 is 1.57 bits per heavy atom. The summed E-state index contributed by atoms with van der Waals surface area (Å²) >= 11 is 11.6. The third-order valence-electron chi connectivity index (χ3n) is 1.93. The van der Waals surface area contributed by atoms with E-state index >= 15 is 0 Å². The fraction of sp³-hybridized carbons (Fsp3) is 0.364. The van der Waals surface area contributed by atoms with Gasteiger partial charge in [0.15, 0.2) is 0 Å². The summed E-state index contributed by atoms with van der Waals surface area (Å²) in [5, 5.41) is 0.728. The molecule has 0 aliphatic rings. The number of pyridine rings is 1. The second-order valence-electron chi connectivity index (χ2n) is 3.17. The van der Waals surface area contributed by atoms with E-state index in [9.17, 15) is 0 Å². The molecule has 76 valence electrons. The van der Waals surface area contributed by atoms with Crippen LogP contribution in [0, 0.1) is 0 Å². The van der Waals surface area contributed by atoms with Gasteiger partial charge in [-0.05, 0) is 31.4 Å². The summed E-state index contributed by atoms with van der Waals surface area (Å²) in [6.45, 7) is 2.09. The monoisotopic (exact) mass is 229 g/mol. The van der Waals surface area contributed by atoms with Gasteiger partial charge in [0.2, 0.25) is 0 Å². The van der Waals surface area contributed by atoms with Crippen LogP contribution in [0.25, 0.3) is 0 Å². The maximum absolute atomic E-state index is 5.99. The molecule has 0 amide bonds. The minimum atomic E-state index is 0.668. The molecule has 0 aliphatic carbocycles. The lowest BCUT2D eigenvalue weighted by molar-refractivity contribution is 1.08. The summed E-state index contributed by atoms with van der Waals surface area (Å²) < 4.78 is 0. The van der Waals surface area contributed by atoms with Crippen LogP contribution in [0.4, 0.5) is 0 Å². The zero-order chi connectivity index (χ0) is 10.4. The van der Waals surface area contributed by atoms with Gasteiger partial charge >= 0.3 is 0 Å². The molecule has 0 N–H and O–H groups in total. The van der Waals surface area contributed by atoms with Gasteiger partial charge in [-0.2, -0.15) is 0 Å². The van der Waals surface area contributed by atoms with Crippen molar-refractivity contribution in [3.8, 4) is 0 Å². The number of nitrogens with zero attached hydrogens (tertiary/aromatic N) is 1. The Morgan fingerprint density at radius 2 is 2.36 bits per heavy atom. The highest BCUT2D eigenvalue weighted by Crippen LogP contribution is 2.17. The van der Waals surface area contributed by atoms with Crippen molar-refractivity contribution in [2.45, 2.75) is 19.8 Å². The molecule has 3 heteroatoms. The van der Waals surface area contributed by atoms with Gasteiger partial charge in [-0.25, -0.2) is 0 Å². The lowest BCUT2D eigenvalue weighted by Gasteiger charge is -2.03. The molecule has 0 radical (unpaired) electrons. The maximum Gasteiger partial charge on any atom is 0.0624 e. The van der Waals surface area contributed by atoms with E-state index in [2.05, 4.69) is 18.0 Å². The Bertz CT molecular complexity index is 321. The van der Waals surface area contributed by atoms with E-state index in [1.165, 1.54) is 5.57 Å². The SMILES string of the molecule is CC(=CCCCl)Cc1ccncc1Cl. The first-order valence-corrected chi connectivity index (χ1v) is 5.45. The van der Waals surface area contributed by atoms with E-state index in [0.29, 0.717) is 5.88 Å². The maximum atomic E-state index is 5.99. The lowest BCUT2D eigenvalue weighted by Crippen LogP contribution is -1.89. The predicted molar refractivity (Wildman–Crippen MR) is 62.0 cm³/mol. The van der Waals surface area contributed by atoms with Gasteiger partial charge in [0.05, 0.1) is 5.02 Å². The summed E-state index contributed by atoms with van der Waals surface area (Å²) in [6, 6.07) is 1.94. The van der Waals surface area contributed by atoms with Crippen molar-refractivity contribution in [1.82, 2.24) is 4.98 Å². The summed E-state index contributed by atoms with van der Waals surface area (Å²) in [4.78, 5) is 3.94. The van der Waals surface area contributed by atoms with Crippen LogP contribution in [0.2, 0.25) is 5.02 Å². The zero-order valence-corrected chi connectivity index (χ0v) is 9.65. The molecule has 0 aromatic carbocycles. The average molecular weight is 230 g/mol. The summed E-state index contributed by atoms with van der Waals surface area (Å²) in [5.74, 6) is 0.668. The number of alkyl halides is 1. The van der Waals surface area contributed by atoms with E-state index in [-0.39, 0.29) is 0 Å². The van der Waals surface area contributed by atoms with Gasteiger partial charge in [-0.15, -0.1) is 11.6 Å². The molecule has 0 aliphatic heterocycles. The number of hydrogen-bond acceptors (Lipinski definition) is 1. The standard InChI is InChI=1S/C11H13Cl2N/c1-9(3-2-5-12)7-10-4-6-14-8-11(10)13/h3-4,6,8H,2,5,7H2,1H3. The van der Waals surface area contributed by atoms with Gasteiger partial charge in [0.1, 0.15) is 0 Å². The largest absolute Gasteiger partial charge is 0.263 e. The van der Waals surface area contributed by atoms with Crippen molar-refractivity contribution in [3.05, 3.63) is 40.7 Å². The molecule has 0 bridgehead atoms. The number of aromatic nitrogens is 1. The van der Waals surface area contributed by atoms with Gasteiger partial charge in [0.25, 0.3) is 0 Å². The minimum Gasteiger partial charge on any atom is -0.263 e. The van der Waals surface area contributed by atoms with Crippen LogP contribution in [-0.4, -0.2) is 10.9 Å². The number of hydrogen-bond donors (Lipinski definition) is 0. The fourth-order valence-corrected chi connectivity index (χ4v) is 1.52. The molecular weight excluding hydrogens is 217 g/mol. The summed E-state index contributed by atoms with van der Waals surface area (Å²) in [6.07, 6.45) is 7.36. The van der Waals surface area contributed by atoms with Crippen LogP contribution in [0.15, 0.2) is 30.1 Å². The quantitative estimate of drug-likeness (QED) is 0.565. The highest BCUT2D eigenvalue weighted by Gasteiger charge is 1.99. The normalized spacial score (nSPS) is 11.8. The highest BCUT2D eigenvalue weighted by atomic mass is 35.5. The topological polar surface area (TPSA) is 12.9 Å². The molecule has 0 fully saturated rings. The van der Waals surface area contributed by atoms with Gasteiger partial charge in [-0.1, -0.05) is 23.3 Å². The van der Waals surface area contributed by atoms with Crippen LogP contribution < -0.4 is 0 Å². The average Bonchev–Trinajstić information content (AvgIpc) is 2.18. The van der Waals surface area contributed by atoms with Crippen molar-refractivity contribution in [1.29, 1.82) is 0 Å². The summed E-state index contributed by atoms with van der Waals surface area (Å²) in [7, 11) is 0. The van der Waals surface area contributed by atoms with Crippen LogP contribution in [0.3, 0.4) is 0 Å². The van der Waals surface area contributed by atoms with Crippen molar-refractivity contribution < 1.29 is 0 Å². The molecule has 1 nitrogen and oxygen atoms in total. The molecule has 0 unspecified atom stereocenters. The fourth-order valence-electron chi connectivity index (χ4n) is 1.22. The van der Waals surface area contributed by atoms with Gasteiger partial charge < -0.3 is 0 Å². The molecule has 1 heterocycles. The predicted octanol–water partition coefficient (Wildman–Crippen LogP) is 3.85. The molecule has 1 aromatic rings. The number of halogens is 2. The van der Waals surface area contributed by atoms with E-state index in [0.717, 1.165) is 23.4 Å². The van der Waals surface area contributed by atoms with Gasteiger partial charge in [0, 0.05) is 18.3 Å². The second kappa shape index (κ2) is 6.05. The Balaban J connectivity index is 2.64. The molecule has 0 atom stereocenters. The van der Waals surface area contributed by atoms with Crippen LogP contribution in [0.5, 0.6) is 0 Å². The molecule has 1 rings (SSSR count). The molecule has 0 spiro atoms. The molecule has 14 heavy (non-hydrogen) atoms. The van der Waals surface area contributed by atoms with Crippen LogP contribution in [-0.2, 0) is 6.42 Å². The first kappa shape index (κ1) is 11.5. The zero-order valence-electron chi connectivity index (χ0n) is 8.13. The molecular formula is C11H13Cl2N. The number of allylic oxidation sites excluding steroid dienone is 2. The second-order valence-corrected chi connectivity index (χ2v) is 3.96. The van der Waals surface area contributed by atoms with Crippen molar-refractivity contribution >= 4 is 23.2 Å². The molecule has 0 saturated heterocycles.